The zero-order valence-corrected chi connectivity index (χ0v) is 11.5. The Morgan fingerprint density at radius 3 is 3.00 bits per heavy atom. The van der Waals surface area contributed by atoms with Gasteiger partial charge in [-0.05, 0) is 57.7 Å². The van der Waals surface area contributed by atoms with Crippen LogP contribution in [0.3, 0.4) is 0 Å². The van der Waals surface area contributed by atoms with E-state index in [4.69, 9.17) is 4.42 Å². The summed E-state index contributed by atoms with van der Waals surface area (Å²) in [5, 5.41) is 3.78. The maximum Gasteiger partial charge on any atom is 0.120 e. The maximum absolute atomic E-state index is 5.57. The van der Waals surface area contributed by atoms with Gasteiger partial charge in [-0.15, -0.1) is 0 Å². The summed E-state index contributed by atoms with van der Waals surface area (Å²) in [5.74, 6) is 1.97. The number of nitrogens with zero attached hydrogens (tertiary/aromatic N) is 1. The van der Waals surface area contributed by atoms with Crippen LogP contribution in [0.2, 0.25) is 0 Å². The van der Waals surface area contributed by atoms with Crippen molar-refractivity contribution >= 4 is 0 Å². The van der Waals surface area contributed by atoms with Gasteiger partial charge in [-0.2, -0.15) is 0 Å². The number of hydrogen-bond acceptors (Lipinski definition) is 3. The Morgan fingerprint density at radius 1 is 1.50 bits per heavy atom. The van der Waals surface area contributed by atoms with Crippen LogP contribution in [0, 0.1) is 5.92 Å². The molecule has 3 rings (SSSR count). The molecule has 2 aliphatic rings. The molecule has 2 atom stereocenters. The SMILES string of the molecule is CC(c1ccco1)N1CCCNC(C)(C2CC2)C1. The molecule has 2 fully saturated rings. The van der Waals surface area contributed by atoms with E-state index in [0.29, 0.717) is 11.6 Å². The summed E-state index contributed by atoms with van der Waals surface area (Å²) in [6.45, 7) is 8.11. The summed E-state index contributed by atoms with van der Waals surface area (Å²) in [6, 6.07) is 4.47. The van der Waals surface area contributed by atoms with Crippen LogP contribution in [0.1, 0.15) is 44.9 Å². The lowest BCUT2D eigenvalue weighted by Crippen LogP contribution is -2.51. The molecule has 0 spiro atoms. The Kier molecular flexibility index (Phi) is 3.20. The van der Waals surface area contributed by atoms with E-state index in [1.165, 1.54) is 19.3 Å². The van der Waals surface area contributed by atoms with Crippen LogP contribution < -0.4 is 5.32 Å². The zero-order valence-electron chi connectivity index (χ0n) is 11.5. The van der Waals surface area contributed by atoms with E-state index in [0.717, 1.165) is 31.3 Å². The van der Waals surface area contributed by atoms with Crippen LogP contribution in [-0.4, -0.2) is 30.1 Å². The lowest BCUT2D eigenvalue weighted by Gasteiger charge is -2.36. The summed E-state index contributed by atoms with van der Waals surface area (Å²) in [6.07, 6.45) is 5.80. The minimum atomic E-state index is 0.303. The number of nitrogens with one attached hydrogen (secondary N) is 1. The normalized spacial score (nSPS) is 32.1. The summed E-state index contributed by atoms with van der Waals surface area (Å²) >= 11 is 0. The molecule has 100 valence electrons. The fraction of sp³-hybridized carbons (Fsp3) is 0.733. The second-order valence-electron chi connectivity index (χ2n) is 6.13. The molecule has 18 heavy (non-hydrogen) atoms. The highest BCUT2D eigenvalue weighted by Crippen LogP contribution is 2.41. The summed E-state index contributed by atoms with van der Waals surface area (Å²) in [4.78, 5) is 2.58. The second-order valence-corrected chi connectivity index (χ2v) is 6.13. The summed E-state index contributed by atoms with van der Waals surface area (Å²) in [5.41, 5.74) is 0.303. The Hall–Kier alpha value is -0.800. The van der Waals surface area contributed by atoms with Gasteiger partial charge >= 0.3 is 0 Å². The average molecular weight is 248 g/mol. The van der Waals surface area contributed by atoms with E-state index in [-0.39, 0.29) is 0 Å². The minimum Gasteiger partial charge on any atom is -0.468 e. The quantitative estimate of drug-likeness (QED) is 0.891. The van der Waals surface area contributed by atoms with Crippen molar-refractivity contribution in [2.45, 2.75) is 44.7 Å². The van der Waals surface area contributed by atoms with Gasteiger partial charge in [-0.3, -0.25) is 4.90 Å². The van der Waals surface area contributed by atoms with Crippen molar-refractivity contribution in [3.8, 4) is 0 Å². The first-order chi connectivity index (χ1) is 8.69. The first-order valence-corrected chi connectivity index (χ1v) is 7.21. The molecule has 1 saturated heterocycles. The van der Waals surface area contributed by atoms with Crippen LogP contribution >= 0.6 is 0 Å². The Labute approximate surface area is 110 Å². The molecular formula is C15H24N2O. The van der Waals surface area contributed by atoms with E-state index in [2.05, 4.69) is 30.1 Å². The summed E-state index contributed by atoms with van der Waals surface area (Å²) < 4.78 is 5.57. The van der Waals surface area contributed by atoms with Crippen LogP contribution in [0.5, 0.6) is 0 Å². The van der Waals surface area contributed by atoms with Gasteiger partial charge in [0, 0.05) is 18.6 Å². The molecule has 3 nitrogen and oxygen atoms in total. The molecule has 1 aromatic heterocycles. The second kappa shape index (κ2) is 4.71. The number of hydrogen-bond donors (Lipinski definition) is 1. The van der Waals surface area contributed by atoms with Gasteiger partial charge in [0.15, 0.2) is 0 Å². The van der Waals surface area contributed by atoms with E-state index >= 15 is 0 Å². The fourth-order valence-electron chi connectivity index (χ4n) is 3.25. The molecule has 0 bridgehead atoms. The largest absolute Gasteiger partial charge is 0.468 e. The molecule has 1 N–H and O–H groups in total. The van der Waals surface area contributed by atoms with Crippen molar-refractivity contribution in [3.63, 3.8) is 0 Å². The monoisotopic (exact) mass is 248 g/mol. The molecule has 0 amide bonds. The van der Waals surface area contributed by atoms with Gasteiger partial charge in [0.1, 0.15) is 5.76 Å². The number of rotatable bonds is 3. The highest BCUT2D eigenvalue weighted by Gasteiger charge is 2.43. The standard InChI is InChI=1S/C15H24N2O/c1-12(14-5-3-10-18-14)17-9-4-8-16-15(2,11-17)13-6-7-13/h3,5,10,12-13,16H,4,6-9,11H2,1-2H3. The molecule has 0 radical (unpaired) electrons. The van der Waals surface area contributed by atoms with Crippen molar-refractivity contribution < 1.29 is 4.42 Å². The van der Waals surface area contributed by atoms with Crippen LogP contribution in [0.15, 0.2) is 22.8 Å². The van der Waals surface area contributed by atoms with Crippen molar-refractivity contribution in [3.05, 3.63) is 24.2 Å². The van der Waals surface area contributed by atoms with E-state index in [1.54, 1.807) is 6.26 Å². The third-order valence-electron chi connectivity index (χ3n) is 4.66. The highest BCUT2D eigenvalue weighted by atomic mass is 16.3. The average Bonchev–Trinajstić information content (AvgIpc) is 3.12. The molecule has 1 aromatic rings. The predicted molar refractivity (Wildman–Crippen MR) is 72.4 cm³/mol. The lowest BCUT2D eigenvalue weighted by atomic mass is 9.94. The van der Waals surface area contributed by atoms with Gasteiger partial charge in [0.25, 0.3) is 0 Å². The van der Waals surface area contributed by atoms with Gasteiger partial charge < -0.3 is 9.73 Å². The van der Waals surface area contributed by atoms with Crippen LogP contribution in [0.25, 0.3) is 0 Å². The molecule has 1 aliphatic carbocycles. The molecule has 1 saturated carbocycles. The Bertz CT molecular complexity index is 385. The lowest BCUT2D eigenvalue weighted by molar-refractivity contribution is 0.145. The molecule has 0 aromatic carbocycles. The first-order valence-electron chi connectivity index (χ1n) is 7.21. The first kappa shape index (κ1) is 12.2. The zero-order chi connectivity index (χ0) is 12.6. The topological polar surface area (TPSA) is 28.4 Å². The Balaban J connectivity index is 1.74. The van der Waals surface area contributed by atoms with Crippen molar-refractivity contribution in [1.82, 2.24) is 10.2 Å². The van der Waals surface area contributed by atoms with Gasteiger partial charge in [-0.1, -0.05) is 0 Å². The fourth-order valence-corrected chi connectivity index (χ4v) is 3.25. The smallest absolute Gasteiger partial charge is 0.120 e. The van der Waals surface area contributed by atoms with Crippen molar-refractivity contribution in [2.75, 3.05) is 19.6 Å². The van der Waals surface area contributed by atoms with Crippen LogP contribution in [-0.2, 0) is 0 Å². The van der Waals surface area contributed by atoms with Gasteiger partial charge in [-0.25, -0.2) is 0 Å². The Morgan fingerprint density at radius 2 is 2.33 bits per heavy atom. The van der Waals surface area contributed by atoms with E-state index in [9.17, 15) is 0 Å². The van der Waals surface area contributed by atoms with E-state index in [1.807, 2.05) is 6.07 Å². The molecule has 3 heteroatoms. The molecule has 2 unspecified atom stereocenters. The van der Waals surface area contributed by atoms with Gasteiger partial charge in [0.2, 0.25) is 0 Å². The third kappa shape index (κ3) is 2.34. The third-order valence-corrected chi connectivity index (χ3v) is 4.66. The molecular weight excluding hydrogens is 224 g/mol. The van der Waals surface area contributed by atoms with E-state index < -0.39 is 0 Å². The maximum atomic E-state index is 5.57. The van der Waals surface area contributed by atoms with Crippen LogP contribution in [0.4, 0.5) is 0 Å². The molecule has 1 aliphatic heterocycles. The minimum absolute atomic E-state index is 0.303. The van der Waals surface area contributed by atoms with Crippen molar-refractivity contribution in [1.29, 1.82) is 0 Å². The summed E-state index contributed by atoms with van der Waals surface area (Å²) in [7, 11) is 0. The predicted octanol–water partition coefficient (Wildman–Crippen LogP) is 2.80. The van der Waals surface area contributed by atoms with Crippen molar-refractivity contribution in [2.24, 2.45) is 5.92 Å². The number of furan rings is 1. The molecule has 2 heterocycles. The van der Waals surface area contributed by atoms with Gasteiger partial charge in [0.05, 0.1) is 12.3 Å². The highest BCUT2D eigenvalue weighted by molar-refractivity contribution is 5.07.